The van der Waals surface area contributed by atoms with Gasteiger partial charge in [-0.15, -0.1) is 0 Å². The zero-order valence-electron chi connectivity index (χ0n) is 10.0. The van der Waals surface area contributed by atoms with Crippen LogP contribution in [0, 0.1) is 0 Å². The predicted molar refractivity (Wildman–Crippen MR) is 76.7 cm³/mol. The standard InChI is InChI=1S/C12H25Br.H3P/c1-3-5-7-8-9-11-12(13)10-6-4-2;/h12H,3-11H2,1-2H3;1H3. The third-order valence-electron chi connectivity index (χ3n) is 2.49. The summed E-state index contributed by atoms with van der Waals surface area (Å²) in [5, 5.41) is 0. The van der Waals surface area contributed by atoms with Gasteiger partial charge in [-0.25, -0.2) is 0 Å². The summed E-state index contributed by atoms with van der Waals surface area (Å²) in [4.78, 5) is 0.786. The van der Waals surface area contributed by atoms with E-state index in [2.05, 4.69) is 29.8 Å². The average molecular weight is 283 g/mol. The summed E-state index contributed by atoms with van der Waals surface area (Å²) in [6.45, 7) is 4.54. The molecule has 0 aliphatic carbocycles. The summed E-state index contributed by atoms with van der Waals surface area (Å²) in [6, 6.07) is 0. The van der Waals surface area contributed by atoms with Gasteiger partial charge >= 0.3 is 0 Å². The van der Waals surface area contributed by atoms with Gasteiger partial charge in [0.15, 0.2) is 0 Å². The summed E-state index contributed by atoms with van der Waals surface area (Å²) in [6.07, 6.45) is 12.5. The highest BCUT2D eigenvalue weighted by atomic mass is 79.9. The van der Waals surface area contributed by atoms with Gasteiger partial charge in [0.2, 0.25) is 0 Å². The molecule has 2 atom stereocenters. The lowest BCUT2D eigenvalue weighted by molar-refractivity contribution is 0.575. The van der Waals surface area contributed by atoms with Crippen molar-refractivity contribution in [1.82, 2.24) is 0 Å². The number of unbranched alkanes of at least 4 members (excludes halogenated alkanes) is 5. The van der Waals surface area contributed by atoms with Gasteiger partial charge in [-0.2, -0.15) is 9.90 Å². The van der Waals surface area contributed by atoms with Crippen LogP contribution in [0.25, 0.3) is 0 Å². The fourth-order valence-corrected chi connectivity index (χ4v) is 2.19. The maximum Gasteiger partial charge on any atom is 0.0145 e. The number of hydrogen-bond acceptors (Lipinski definition) is 0. The molecule has 0 aromatic heterocycles. The van der Waals surface area contributed by atoms with Crippen LogP contribution in [-0.2, 0) is 0 Å². The van der Waals surface area contributed by atoms with Crippen LogP contribution in [0.2, 0.25) is 0 Å². The molecule has 0 aromatic carbocycles. The minimum atomic E-state index is 0. The van der Waals surface area contributed by atoms with E-state index in [1.807, 2.05) is 0 Å². The van der Waals surface area contributed by atoms with Gasteiger partial charge in [-0.05, 0) is 12.8 Å². The molecule has 0 spiro atoms. The Hall–Kier alpha value is 0.910. The van der Waals surface area contributed by atoms with Crippen molar-refractivity contribution in [2.24, 2.45) is 0 Å². The SMILES string of the molecule is CCCCCCCC(Br)CCCC.P. The fraction of sp³-hybridized carbons (Fsp3) is 1.00. The largest absolute Gasteiger partial charge is 0.153 e. The van der Waals surface area contributed by atoms with Crippen molar-refractivity contribution in [3.8, 4) is 0 Å². The molecule has 0 saturated heterocycles. The Balaban J connectivity index is 0. The van der Waals surface area contributed by atoms with Crippen molar-refractivity contribution in [1.29, 1.82) is 0 Å². The second kappa shape index (κ2) is 13.9. The Kier molecular flexibility index (Phi) is 17.2. The molecule has 0 fully saturated rings. The quantitative estimate of drug-likeness (QED) is 0.303. The molecule has 14 heavy (non-hydrogen) atoms. The Bertz CT molecular complexity index is 96.3. The molecule has 2 heteroatoms. The van der Waals surface area contributed by atoms with E-state index in [9.17, 15) is 0 Å². The topological polar surface area (TPSA) is 0 Å². The van der Waals surface area contributed by atoms with Gasteiger partial charge in [-0.1, -0.05) is 74.7 Å². The van der Waals surface area contributed by atoms with Gasteiger partial charge < -0.3 is 0 Å². The van der Waals surface area contributed by atoms with Crippen molar-refractivity contribution in [2.75, 3.05) is 0 Å². The average Bonchev–Trinajstić information content (AvgIpc) is 2.14. The lowest BCUT2D eigenvalue weighted by atomic mass is 10.1. The third-order valence-corrected chi connectivity index (χ3v) is 3.41. The van der Waals surface area contributed by atoms with Crippen LogP contribution in [0.4, 0.5) is 0 Å². The molecule has 0 aliphatic heterocycles. The first-order valence-electron chi connectivity index (χ1n) is 5.95. The molecule has 0 heterocycles. The highest BCUT2D eigenvalue weighted by molar-refractivity contribution is 9.09. The van der Waals surface area contributed by atoms with Gasteiger partial charge in [0.25, 0.3) is 0 Å². The second-order valence-electron chi connectivity index (χ2n) is 3.94. The first-order chi connectivity index (χ1) is 6.31. The van der Waals surface area contributed by atoms with Crippen LogP contribution in [0.3, 0.4) is 0 Å². The Morgan fingerprint density at radius 3 is 1.86 bits per heavy atom. The molecule has 0 saturated carbocycles. The zero-order valence-corrected chi connectivity index (χ0v) is 13.0. The molecule has 0 radical (unpaired) electrons. The molecule has 0 aliphatic rings. The van der Waals surface area contributed by atoms with Gasteiger partial charge in [-0.3, -0.25) is 0 Å². The van der Waals surface area contributed by atoms with Crippen LogP contribution in [0.5, 0.6) is 0 Å². The zero-order chi connectivity index (χ0) is 9.94. The van der Waals surface area contributed by atoms with Crippen LogP contribution >= 0.6 is 25.8 Å². The Labute approximate surface area is 102 Å². The van der Waals surface area contributed by atoms with Crippen molar-refractivity contribution < 1.29 is 0 Å². The molecule has 0 aromatic rings. The summed E-state index contributed by atoms with van der Waals surface area (Å²) >= 11 is 3.75. The molecule has 0 amide bonds. The van der Waals surface area contributed by atoms with E-state index in [0.29, 0.717) is 0 Å². The number of hydrogen-bond donors (Lipinski definition) is 0. The minimum Gasteiger partial charge on any atom is -0.153 e. The summed E-state index contributed by atoms with van der Waals surface area (Å²) in [5.74, 6) is 0. The fourth-order valence-electron chi connectivity index (χ4n) is 1.54. The third kappa shape index (κ3) is 12.9. The molecular weight excluding hydrogens is 255 g/mol. The minimum absolute atomic E-state index is 0. The smallest absolute Gasteiger partial charge is 0.0145 e. The number of alkyl halides is 1. The van der Waals surface area contributed by atoms with Crippen molar-refractivity contribution in [3.63, 3.8) is 0 Å². The molecule has 0 rings (SSSR count). The molecule has 0 bridgehead atoms. The van der Waals surface area contributed by atoms with Gasteiger partial charge in [0, 0.05) is 4.83 Å². The Morgan fingerprint density at radius 2 is 1.29 bits per heavy atom. The number of rotatable bonds is 9. The van der Waals surface area contributed by atoms with E-state index in [1.54, 1.807) is 0 Å². The normalized spacial score (nSPS) is 12.2. The lowest BCUT2D eigenvalue weighted by Gasteiger charge is -2.08. The summed E-state index contributed by atoms with van der Waals surface area (Å²) < 4.78 is 0. The summed E-state index contributed by atoms with van der Waals surface area (Å²) in [5.41, 5.74) is 0. The predicted octanol–water partition coefficient (Wildman–Crippen LogP) is 5.36. The van der Waals surface area contributed by atoms with Crippen LogP contribution < -0.4 is 0 Å². The number of halogens is 1. The molecule has 0 N–H and O–H groups in total. The van der Waals surface area contributed by atoms with E-state index >= 15 is 0 Å². The van der Waals surface area contributed by atoms with Crippen LogP contribution in [0.1, 0.15) is 71.6 Å². The second-order valence-corrected chi connectivity index (χ2v) is 5.24. The highest BCUT2D eigenvalue weighted by Gasteiger charge is 2.02. The Morgan fingerprint density at radius 1 is 0.786 bits per heavy atom. The first-order valence-corrected chi connectivity index (χ1v) is 6.86. The van der Waals surface area contributed by atoms with Crippen LogP contribution in [-0.4, -0.2) is 4.83 Å². The maximum atomic E-state index is 3.75. The lowest BCUT2D eigenvalue weighted by Crippen LogP contribution is -1.97. The van der Waals surface area contributed by atoms with E-state index < -0.39 is 0 Å². The maximum absolute atomic E-state index is 3.75. The molecule has 88 valence electrons. The first kappa shape index (κ1) is 17.3. The molecular formula is C12H28BrP. The summed E-state index contributed by atoms with van der Waals surface area (Å²) in [7, 11) is 0. The van der Waals surface area contributed by atoms with Crippen molar-refractivity contribution in [3.05, 3.63) is 0 Å². The van der Waals surface area contributed by atoms with E-state index in [-0.39, 0.29) is 9.90 Å². The van der Waals surface area contributed by atoms with E-state index in [1.165, 1.54) is 57.8 Å². The molecule has 2 unspecified atom stereocenters. The van der Waals surface area contributed by atoms with Gasteiger partial charge in [0.1, 0.15) is 0 Å². The van der Waals surface area contributed by atoms with E-state index in [4.69, 9.17) is 0 Å². The van der Waals surface area contributed by atoms with Crippen molar-refractivity contribution >= 4 is 25.8 Å². The van der Waals surface area contributed by atoms with Crippen molar-refractivity contribution in [2.45, 2.75) is 76.5 Å². The van der Waals surface area contributed by atoms with Gasteiger partial charge in [0.05, 0.1) is 0 Å². The van der Waals surface area contributed by atoms with E-state index in [0.717, 1.165) is 4.83 Å². The van der Waals surface area contributed by atoms with Crippen LogP contribution in [0.15, 0.2) is 0 Å². The highest BCUT2D eigenvalue weighted by Crippen LogP contribution is 2.17. The molecule has 0 nitrogen and oxygen atoms in total. The monoisotopic (exact) mass is 282 g/mol.